The number of nitrogens with zero attached hydrogens (tertiary/aromatic N) is 2. The molecular formula is C24H19Br2N3O3. The fourth-order valence-corrected chi connectivity index (χ4v) is 3.51. The van der Waals surface area contributed by atoms with E-state index in [0.29, 0.717) is 17.9 Å². The van der Waals surface area contributed by atoms with Gasteiger partial charge in [-0.2, -0.15) is 5.10 Å². The molecule has 3 aromatic carbocycles. The fraction of sp³-hybridized carbons (Fsp3) is 0.0833. The number of ether oxygens (including phenoxy) is 2. The van der Waals surface area contributed by atoms with Gasteiger partial charge in [-0.1, -0.05) is 40.2 Å². The summed E-state index contributed by atoms with van der Waals surface area (Å²) in [5, 5.41) is 7.06. The Balaban J connectivity index is 1.29. The summed E-state index contributed by atoms with van der Waals surface area (Å²) in [7, 11) is 0. The summed E-state index contributed by atoms with van der Waals surface area (Å²) < 4.78 is 15.0. The maximum Gasteiger partial charge on any atom is 0.255 e. The molecule has 162 valence electrons. The first-order chi connectivity index (χ1) is 15.6. The number of amides is 1. The minimum atomic E-state index is -0.211. The zero-order valence-corrected chi connectivity index (χ0v) is 20.0. The van der Waals surface area contributed by atoms with Crippen LogP contribution in [0.3, 0.4) is 0 Å². The van der Waals surface area contributed by atoms with Crippen molar-refractivity contribution in [2.24, 2.45) is 0 Å². The second kappa shape index (κ2) is 10.5. The second-order valence-corrected chi connectivity index (χ2v) is 8.64. The van der Waals surface area contributed by atoms with Gasteiger partial charge in [-0.3, -0.25) is 4.79 Å². The molecular weight excluding hydrogens is 538 g/mol. The van der Waals surface area contributed by atoms with Crippen LogP contribution in [-0.2, 0) is 13.3 Å². The highest BCUT2D eigenvalue weighted by Crippen LogP contribution is 2.24. The van der Waals surface area contributed by atoms with Crippen molar-refractivity contribution in [3.63, 3.8) is 0 Å². The molecule has 32 heavy (non-hydrogen) atoms. The molecule has 8 heteroatoms. The Morgan fingerprint density at radius 1 is 0.938 bits per heavy atom. The van der Waals surface area contributed by atoms with E-state index in [2.05, 4.69) is 42.3 Å². The van der Waals surface area contributed by atoms with Crippen LogP contribution in [-0.4, -0.2) is 15.7 Å². The third kappa shape index (κ3) is 5.99. The zero-order valence-electron chi connectivity index (χ0n) is 16.9. The maximum atomic E-state index is 12.5. The SMILES string of the molecule is O=C(Nc1cnn(COc2ccc(Br)cc2)c1)c1ccc(COc2ccccc2Br)cc1. The molecule has 4 rings (SSSR count). The number of hydrogen-bond acceptors (Lipinski definition) is 4. The molecule has 0 atom stereocenters. The minimum absolute atomic E-state index is 0.211. The number of benzene rings is 3. The predicted octanol–water partition coefficient (Wildman–Crippen LogP) is 6.28. The highest BCUT2D eigenvalue weighted by molar-refractivity contribution is 9.10. The van der Waals surface area contributed by atoms with E-state index in [1.54, 1.807) is 29.2 Å². The molecule has 0 saturated heterocycles. The number of anilines is 1. The van der Waals surface area contributed by atoms with Crippen molar-refractivity contribution >= 4 is 43.5 Å². The van der Waals surface area contributed by atoms with Gasteiger partial charge in [0.25, 0.3) is 5.91 Å². The minimum Gasteiger partial charge on any atom is -0.488 e. The summed E-state index contributed by atoms with van der Waals surface area (Å²) in [4.78, 5) is 12.5. The Bertz CT molecular complexity index is 1190. The van der Waals surface area contributed by atoms with E-state index in [4.69, 9.17) is 9.47 Å². The lowest BCUT2D eigenvalue weighted by atomic mass is 10.1. The van der Waals surface area contributed by atoms with Crippen LogP contribution >= 0.6 is 31.9 Å². The van der Waals surface area contributed by atoms with E-state index in [1.165, 1.54) is 0 Å². The number of carbonyl (C=O) groups is 1. The molecule has 1 heterocycles. The predicted molar refractivity (Wildman–Crippen MR) is 130 cm³/mol. The summed E-state index contributed by atoms with van der Waals surface area (Å²) in [5.41, 5.74) is 2.11. The van der Waals surface area contributed by atoms with Gasteiger partial charge in [0.1, 0.15) is 18.1 Å². The van der Waals surface area contributed by atoms with Gasteiger partial charge in [0, 0.05) is 10.0 Å². The van der Waals surface area contributed by atoms with E-state index in [0.717, 1.165) is 26.0 Å². The zero-order chi connectivity index (χ0) is 22.3. The molecule has 1 N–H and O–H groups in total. The summed E-state index contributed by atoms with van der Waals surface area (Å²) in [6, 6.07) is 22.5. The smallest absolute Gasteiger partial charge is 0.255 e. The maximum absolute atomic E-state index is 12.5. The van der Waals surface area contributed by atoms with Crippen molar-refractivity contribution in [2.75, 3.05) is 5.32 Å². The molecule has 0 aliphatic carbocycles. The molecule has 0 bridgehead atoms. The van der Waals surface area contributed by atoms with Crippen LogP contribution in [0.2, 0.25) is 0 Å². The highest BCUT2D eigenvalue weighted by Gasteiger charge is 2.09. The lowest BCUT2D eigenvalue weighted by Gasteiger charge is -2.09. The fourth-order valence-electron chi connectivity index (χ4n) is 2.85. The normalized spacial score (nSPS) is 10.6. The third-order valence-electron chi connectivity index (χ3n) is 4.52. The monoisotopic (exact) mass is 555 g/mol. The number of halogens is 2. The summed E-state index contributed by atoms with van der Waals surface area (Å²) in [6.07, 6.45) is 3.31. The molecule has 6 nitrogen and oxygen atoms in total. The second-order valence-electron chi connectivity index (χ2n) is 6.87. The first-order valence-electron chi connectivity index (χ1n) is 9.75. The summed E-state index contributed by atoms with van der Waals surface area (Å²) in [5.74, 6) is 1.30. The van der Waals surface area contributed by atoms with E-state index in [1.807, 2.05) is 60.7 Å². The first kappa shape index (κ1) is 22.1. The lowest BCUT2D eigenvalue weighted by Crippen LogP contribution is -2.11. The van der Waals surface area contributed by atoms with E-state index in [-0.39, 0.29) is 12.6 Å². The van der Waals surface area contributed by atoms with Gasteiger partial charge in [0.2, 0.25) is 0 Å². The lowest BCUT2D eigenvalue weighted by molar-refractivity contribution is 0.102. The molecule has 4 aromatic rings. The van der Waals surface area contributed by atoms with Gasteiger partial charge < -0.3 is 14.8 Å². The van der Waals surface area contributed by atoms with Gasteiger partial charge >= 0.3 is 0 Å². The van der Waals surface area contributed by atoms with Crippen molar-refractivity contribution in [3.8, 4) is 11.5 Å². The first-order valence-corrected chi connectivity index (χ1v) is 11.3. The number of rotatable bonds is 8. The van der Waals surface area contributed by atoms with Crippen molar-refractivity contribution in [1.29, 1.82) is 0 Å². The molecule has 1 aromatic heterocycles. The van der Waals surface area contributed by atoms with Crippen LogP contribution < -0.4 is 14.8 Å². The van der Waals surface area contributed by atoms with Crippen LogP contribution in [0.5, 0.6) is 11.5 Å². The Hall–Kier alpha value is -3.10. The van der Waals surface area contributed by atoms with Crippen LogP contribution in [0.25, 0.3) is 0 Å². The average Bonchev–Trinajstić information content (AvgIpc) is 3.26. The van der Waals surface area contributed by atoms with E-state index < -0.39 is 0 Å². The van der Waals surface area contributed by atoms with Crippen molar-refractivity contribution in [2.45, 2.75) is 13.3 Å². The molecule has 0 aliphatic heterocycles. The number of aromatic nitrogens is 2. The van der Waals surface area contributed by atoms with Crippen LogP contribution in [0.1, 0.15) is 15.9 Å². The quantitative estimate of drug-likeness (QED) is 0.277. The Kier molecular flexibility index (Phi) is 7.24. The number of carbonyl (C=O) groups excluding carboxylic acids is 1. The molecule has 0 fully saturated rings. The van der Waals surface area contributed by atoms with E-state index >= 15 is 0 Å². The topological polar surface area (TPSA) is 65.4 Å². The molecule has 0 unspecified atom stereocenters. The Morgan fingerprint density at radius 3 is 2.44 bits per heavy atom. The summed E-state index contributed by atoms with van der Waals surface area (Å²) in [6.45, 7) is 0.652. The van der Waals surface area contributed by atoms with Crippen LogP contribution in [0.4, 0.5) is 5.69 Å². The van der Waals surface area contributed by atoms with Gasteiger partial charge in [0.15, 0.2) is 6.73 Å². The third-order valence-corrected chi connectivity index (χ3v) is 5.70. The largest absolute Gasteiger partial charge is 0.488 e. The van der Waals surface area contributed by atoms with Gasteiger partial charge in [-0.15, -0.1) is 0 Å². The Morgan fingerprint density at radius 2 is 1.69 bits per heavy atom. The highest BCUT2D eigenvalue weighted by atomic mass is 79.9. The van der Waals surface area contributed by atoms with Crippen molar-refractivity contribution < 1.29 is 14.3 Å². The van der Waals surface area contributed by atoms with Gasteiger partial charge in [-0.25, -0.2) is 4.68 Å². The van der Waals surface area contributed by atoms with Crippen LogP contribution in [0.15, 0.2) is 94.1 Å². The number of hydrogen-bond donors (Lipinski definition) is 1. The van der Waals surface area contributed by atoms with E-state index in [9.17, 15) is 4.79 Å². The molecule has 0 radical (unpaired) electrons. The number of nitrogens with one attached hydrogen (secondary N) is 1. The van der Waals surface area contributed by atoms with Gasteiger partial charge in [-0.05, 0) is 70.0 Å². The van der Waals surface area contributed by atoms with Crippen molar-refractivity contribution in [3.05, 3.63) is 105 Å². The van der Waals surface area contributed by atoms with Crippen LogP contribution in [0, 0.1) is 0 Å². The van der Waals surface area contributed by atoms with Crippen molar-refractivity contribution in [1.82, 2.24) is 9.78 Å². The average molecular weight is 557 g/mol. The molecule has 1 amide bonds. The standard InChI is InChI=1S/C24H19Br2N3O3/c25-19-9-11-21(12-10-19)32-16-29-14-20(13-27-29)28-24(30)18-7-5-17(6-8-18)15-31-23-4-2-1-3-22(23)26/h1-14H,15-16H2,(H,28,30). The Labute approximate surface area is 202 Å². The molecule has 0 aliphatic rings. The van der Waals surface area contributed by atoms with Gasteiger partial charge in [0.05, 0.1) is 22.6 Å². The molecule has 0 spiro atoms. The molecule has 0 saturated carbocycles. The number of para-hydroxylation sites is 1. The summed E-state index contributed by atoms with van der Waals surface area (Å²) >= 11 is 6.85.